The van der Waals surface area contributed by atoms with Crippen LogP contribution in [-0.2, 0) is 19.5 Å². The van der Waals surface area contributed by atoms with Gasteiger partial charge in [-0.2, -0.15) is 0 Å². The number of hydrogen-bond acceptors (Lipinski definition) is 5. The molecule has 5 rings (SSSR count). The minimum atomic E-state index is 0.0840. The van der Waals surface area contributed by atoms with Gasteiger partial charge in [0.15, 0.2) is 0 Å². The molecule has 146 valence electrons. The standard InChI is InChI=1S/C22H25N3OS2/c26-22-17-14-25(13-16-8-9-20(28-16)19-7-4-12-27-19)11-10-18(17)23-21(24-22)15-5-2-1-3-6-15/h4,7-9,12,15H,1-3,5-6,10-11,13-14H2,(H,23,24,26). The monoisotopic (exact) mass is 411 g/mol. The Kier molecular flexibility index (Phi) is 5.18. The van der Waals surface area contributed by atoms with Crippen LogP contribution in [0.25, 0.3) is 9.75 Å². The van der Waals surface area contributed by atoms with Gasteiger partial charge < -0.3 is 4.98 Å². The molecule has 28 heavy (non-hydrogen) atoms. The van der Waals surface area contributed by atoms with E-state index in [1.165, 1.54) is 46.7 Å². The van der Waals surface area contributed by atoms with Gasteiger partial charge in [-0.05, 0) is 36.4 Å². The zero-order valence-corrected chi connectivity index (χ0v) is 17.6. The van der Waals surface area contributed by atoms with Crippen molar-refractivity contribution >= 4 is 22.7 Å². The van der Waals surface area contributed by atoms with Crippen molar-refractivity contribution in [1.82, 2.24) is 14.9 Å². The topological polar surface area (TPSA) is 49.0 Å². The van der Waals surface area contributed by atoms with Crippen LogP contribution in [0.4, 0.5) is 0 Å². The molecule has 0 amide bonds. The maximum atomic E-state index is 12.8. The first-order valence-corrected chi connectivity index (χ1v) is 11.9. The minimum absolute atomic E-state index is 0.0840. The van der Waals surface area contributed by atoms with Crippen molar-refractivity contribution in [2.24, 2.45) is 0 Å². The Morgan fingerprint density at radius 3 is 2.86 bits per heavy atom. The molecule has 3 aromatic rings. The molecular formula is C22H25N3OS2. The van der Waals surface area contributed by atoms with Gasteiger partial charge in [0.1, 0.15) is 5.82 Å². The zero-order valence-electron chi connectivity index (χ0n) is 15.9. The molecule has 1 aliphatic heterocycles. The molecule has 1 saturated carbocycles. The van der Waals surface area contributed by atoms with Crippen LogP contribution >= 0.6 is 22.7 Å². The largest absolute Gasteiger partial charge is 0.310 e. The number of fused-ring (bicyclic) bond motifs is 1. The van der Waals surface area contributed by atoms with Crippen LogP contribution in [0, 0.1) is 0 Å². The predicted octanol–water partition coefficient (Wildman–Crippen LogP) is 5.17. The number of thiophene rings is 2. The molecule has 2 aliphatic rings. The molecule has 0 radical (unpaired) electrons. The van der Waals surface area contributed by atoms with Gasteiger partial charge in [-0.25, -0.2) is 4.98 Å². The maximum absolute atomic E-state index is 12.8. The van der Waals surface area contributed by atoms with Crippen LogP contribution < -0.4 is 5.56 Å². The van der Waals surface area contributed by atoms with E-state index in [0.717, 1.165) is 36.6 Å². The van der Waals surface area contributed by atoms with Crippen molar-refractivity contribution in [1.29, 1.82) is 0 Å². The summed E-state index contributed by atoms with van der Waals surface area (Å²) >= 11 is 3.64. The summed E-state index contributed by atoms with van der Waals surface area (Å²) in [5.74, 6) is 1.39. The summed E-state index contributed by atoms with van der Waals surface area (Å²) < 4.78 is 0. The summed E-state index contributed by atoms with van der Waals surface area (Å²) in [6, 6.07) is 8.72. The van der Waals surface area contributed by atoms with E-state index in [9.17, 15) is 4.79 Å². The maximum Gasteiger partial charge on any atom is 0.255 e. The third-order valence-electron chi connectivity index (χ3n) is 5.96. The number of rotatable bonds is 4. The van der Waals surface area contributed by atoms with E-state index in [-0.39, 0.29) is 5.56 Å². The molecule has 0 saturated heterocycles. The van der Waals surface area contributed by atoms with Gasteiger partial charge in [0.2, 0.25) is 0 Å². The fraction of sp³-hybridized carbons (Fsp3) is 0.455. The Hall–Kier alpha value is -1.76. The predicted molar refractivity (Wildman–Crippen MR) is 116 cm³/mol. The number of nitrogens with zero attached hydrogens (tertiary/aromatic N) is 2. The minimum Gasteiger partial charge on any atom is -0.310 e. The lowest BCUT2D eigenvalue weighted by molar-refractivity contribution is 0.243. The van der Waals surface area contributed by atoms with E-state index in [2.05, 4.69) is 39.5 Å². The molecule has 6 heteroatoms. The highest BCUT2D eigenvalue weighted by Crippen LogP contribution is 2.33. The van der Waals surface area contributed by atoms with Crippen LogP contribution in [0.2, 0.25) is 0 Å². The summed E-state index contributed by atoms with van der Waals surface area (Å²) in [4.78, 5) is 27.2. The first-order chi connectivity index (χ1) is 13.8. The number of hydrogen-bond donors (Lipinski definition) is 1. The average molecular weight is 412 g/mol. The molecule has 0 spiro atoms. The molecular weight excluding hydrogens is 386 g/mol. The van der Waals surface area contributed by atoms with Gasteiger partial charge in [-0.1, -0.05) is 25.3 Å². The van der Waals surface area contributed by atoms with Crippen LogP contribution in [-0.4, -0.2) is 21.4 Å². The Balaban J connectivity index is 1.31. The van der Waals surface area contributed by atoms with Crippen LogP contribution in [0.3, 0.4) is 0 Å². The molecule has 3 aromatic heterocycles. The quantitative estimate of drug-likeness (QED) is 0.645. The third-order valence-corrected chi connectivity index (χ3v) is 8.10. The molecule has 1 fully saturated rings. The smallest absolute Gasteiger partial charge is 0.255 e. The Labute approximate surface area is 173 Å². The second kappa shape index (κ2) is 7.93. The molecule has 1 N–H and O–H groups in total. The van der Waals surface area contributed by atoms with Gasteiger partial charge in [-0.3, -0.25) is 9.69 Å². The average Bonchev–Trinajstić information content (AvgIpc) is 3.41. The van der Waals surface area contributed by atoms with Crippen LogP contribution in [0.1, 0.15) is 60.0 Å². The van der Waals surface area contributed by atoms with Crippen molar-refractivity contribution in [2.45, 2.75) is 57.5 Å². The Bertz CT molecular complexity index is 999. The number of nitrogens with one attached hydrogen (secondary N) is 1. The first-order valence-electron chi connectivity index (χ1n) is 10.2. The molecule has 4 heterocycles. The van der Waals surface area contributed by atoms with Crippen molar-refractivity contribution < 1.29 is 0 Å². The summed E-state index contributed by atoms with van der Waals surface area (Å²) in [6.07, 6.45) is 7.04. The van der Waals surface area contributed by atoms with Crippen molar-refractivity contribution in [3.8, 4) is 9.75 Å². The van der Waals surface area contributed by atoms with Crippen molar-refractivity contribution in [3.63, 3.8) is 0 Å². The van der Waals surface area contributed by atoms with E-state index in [4.69, 9.17) is 4.98 Å². The van der Waals surface area contributed by atoms with Gasteiger partial charge >= 0.3 is 0 Å². The van der Waals surface area contributed by atoms with E-state index < -0.39 is 0 Å². The number of H-pyrrole nitrogens is 1. The Morgan fingerprint density at radius 1 is 1.14 bits per heavy atom. The van der Waals surface area contributed by atoms with E-state index in [0.29, 0.717) is 12.5 Å². The molecule has 0 bridgehead atoms. The summed E-state index contributed by atoms with van der Waals surface area (Å²) in [7, 11) is 0. The summed E-state index contributed by atoms with van der Waals surface area (Å²) in [5.41, 5.74) is 1.99. The zero-order chi connectivity index (χ0) is 18.9. The highest BCUT2D eigenvalue weighted by atomic mass is 32.1. The normalized spacial score (nSPS) is 18.3. The van der Waals surface area contributed by atoms with Gasteiger partial charge in [-0.15, -0.1) is 22.7 Å². The van der Waals surface area contributed by atoms with Crippen molar-refractivity contribution in [3.05, 3.63) is 62.0 Å². The third kappa shape index (κ3) is 3.73. The Morgan fingerprint density at radius 2 is 2.04 bits per heavy atom. The molecule has 0 atom stereocenters. The fourth-order valence-corrected chi connectivity index (χ4v) is 6.32. The highest BCUT2D eigenvalue weighted by molar-refractivity contribution is 7.21. The first kappa shape index (κ1) is 18.3. The molecule has 1 aliphatic carbocycles. The van der Waals surface area contributed by atoms with E-state index >= 15 is 0 Å². The van der Waals surface area contributed by atoms with Crippen LogP contribution in [0.15, 0.2) is 34.4 Å². The second-order valence-electron chi connectivity index (χ2n) is 7.92. The lowest BCUT2D eigenvalue weighted by Gasteiger charge is -2.28. The highest BCUT2D eigenvalue weighted by Gasteiger charge is 2.24. The van der Waals surface area contributed by atoms with Gasteiger partial charge in [0.05, 0.1) is 11.3 Å². The summed E-state index contributed by atoms with van der Waals surface area (Å²) in [5, 5.41) is 2.12. The number of aromatic nitrogens is 2. The molecule has 4 nitrogen and oxygen atoms in total. The lowest BCUT2D eigenvalue weighted by Crippen LogP contribution is -2.36. The van der Waals surface area contributed by atoms with Crippen LogP contribution in [0.5, 0.6) is 0 Å². The number of aromatic amines is 1. The van der Waals surface area contributed by atoms with E-state index in [1.807, 2.05) is 11.3 Å². The summed E-state index contributed by atoms with van der Waals surface area (Å²) in [6.45, 7) is 2.58. The second-order valence-corrected chi connectivity index (χ2v) is 10.0. The molecule has 0 unspecified atom stereocenters. The fourth-order valence-electron chi connectivity index (χ4n) is 4.44. The van der Waals surface area contributed by atoms with E-state index in [1.54, 1.807) is 11.3 Å². The van der Waals surface area contributed by atoms with Gasteiger partial charge in [0, 0.05) is 46.6 Å². The van der Waals surface area contributed by atoms with Crippen molar-refractivity contribution in [2.75, 3.05) is 6.54 Å². The lowest BCUT2D eigenvalue weighted by atomic mass is 9.88. The van der Waals surface area contributed by atoms with Gasteiger partial charge in [0.25, 0.3) is 5.56 Å². The molecule has 0 aromatic carbocycles. The SMILES string of the molecule is O=c1[nH]c(C2CCCCC2)nc2c1CN(Cc1ccc(-c3cccs3)s1)CC2.